The van der Waals surface area contributed by atoms with Gasteiger partial charge in [-0.2, -0.15) is 0 Å². The van der Waals surface area contributed by atoms with Crippen LogP contribution in [0.5, 0.6) is 5.75 Å². The lowest BCUT2D eigenvalue weighted by molar-refractivity contribution is 0.413. The quantitative estimate of drug-likeness (QED) is 0.776. The van der Waals surface area contributed by atoms with Gasteiger partial charge in [0.25, 0.3) is 0 Å². The maximum atomic E-state index is 5.26. The van der Waals surface area contributed by atoms with E-state index in [1.165, 1.54) is 16.5 Å². The van der Waals surface area contributed by atoms with Crippen LogP contribution in [0.1, 0.15) is 25.8 Å². The number of nitrogens with one attached hydrogen (secondary N) is 1. The van der Waals surface area contributed by atoms with Crippen molar-refractivity contribution in [1.29, 1.82) is 0 Å². The van der Waals surface area contributed by atoms with E-state index in [4.69, 9.17) is 4.74 Å². The first-order chi connectivity index (χ1) is 8.17. The second kappa shape index (κ2) is 7.72. The molecule has 96 valence electrons. The van der Waals surface area contributed by atoms with Gasteiger partial charge in [-0.15, -0.1) is 0 Å². The second-order valence-corrected chi connectivity index (χ2v) is 5.26. The Morgan fingerprint density at radius 1 is 1.41 bits per heavy atom. The van der Waals surface area contributed by atoms with Gasteiger partial charge in [0, 0.05) is 4.47 Å². The first-order valence-corrected chi connectivity index (χ1v) is 6.99. The lowest BCUT2D eigenvalue weighted by Crippen LogP contribution is -2.17. The Morgan fingerprint density at radius 2 is 2.18 bits per heavy atom. The van der Waals surface area contributed by atoms with Crippen molar-refractivity contribution >= 4 is 15.9 Å². The Labute approximate surface area is 113 Å². The maximum absolute atomic E-state index is 5.26. The highest BCUT2D eigenvalue weighted by Crippen LogP contribution is 2.25. The molecule has 0 amide bonds. The maximum Gasteiger partial charge on any atom is 0.119 e. The molecule has 0 aromatic heterocycles. The van der Waals surface area contributed by atoms with E-state index in [1.807, 2.05) is 6.07 Å². The van der Waals surface area contributed by atoms with E-state index < -0.39 is 0 Å². The van der Waals surface area contributed by atoms with Crippen LogP contribution < -0.4 is 10.1 Å². The van der Waals surface area contributed by atoms with Gasteiger partial charge in [0.2, 0.25) is 0 Å². The number of methoxy groups -OCH3 is 1. The summed E-state index contributed by atoms with van der Waals surface area (Å²) in [7, 11) is 1.71. The highest BCUT2D eigenvalue weighted by molar-refractivity contribution is 9.10. The summed E-state index contributed by atoms with van der Waals surface area (Å²) in [5.41, 5.74) is 1.33. The highest BCUT2D eigenvalue weighted by atomic mass is 79.9. The molecule has 1 aromatic carbocycles. The molecule has 0 bridgehead atoms. The molecule has 17 heavy (non-hydrogen) atoms. The smallest absolute Gasteiger partial charge is 0.119 e. The molecule has 0 fully saturated rings. The van der Waals surface area contributed by atoms with Gasteiger partial charge in [0.15, 0.2) is 0 Å². The SMILES string of the molecule is CCNCCC(C)Cc1cc(OC)ccc1Br. The minimum Gasteiger partial charge on any atom is -0.497 e. The first-order valence-electron chi connectivity index (χ1n) is 6.20. The predicted molar refractivity (Wildman–Crippen MR) is 76.7 cm³/mol. The molecular weight excluding hydrogens is 278 g/mol. The molecule has 1 aromatic rings. The highest BCUT2D eigenvalue weighted by Gasteiger charge is 2.07. The van der Waals surface area contributed by atoms with E-state index in [2.05, 4.69) is 47.2 Å². The molecule has 0 saturated heterocycles. The number of hydrogen-bond donors (Lipinski definition) is 1. The van der Waals surface area contributed by atoms with Gasteiger partial charge < -0.3 is 10.1 Å². The zero-order valence-corrected chi connectivity index (χ0v) is 12.5. The molecule has 0 aliphatic carbocycles. The molecule has 2 nitrogen and oxygen atoms in total. The Bertz CT molecular complexity index is 341. The fourth-order valence-corrected chi connectivity index (χ4v) is 2.25. The van der Waals surface area contributed by atoms with Gasteiger partial charge in [-0.25, -0.2) is 0 Å². The van der Waals surface area contributed by atoms with Crippen LogP contribution in [-0.4, -0.2) is 20.2 Å². The molecule has 0 aliphatic heterocycles. The molecule has 0 radical (unpaired) electrons. The Hall–Kier alpha value is -0.540. The van der Waals surface area contributed by atoms with Crippen LogP contribution in [0.15, 0.2) is 22.7 Å². The van der Waals surface area contributed by atoms with Gasteiger partial charge >= 0.3 is 0 Å². The molecule has 1 atom stereocenters. The van der Waals surface area contributed by atoms with Crippen LogP contribution in [-0.2, 0) is 6.42 Å². The van der Waals surface area contributed by atoms with Crippen LogP contribution >= 0.6 is 15.9 Å². The largest absolute Gasteiger partial charge is 0.497 e. The van der Waals surface area contributed by atoms with Gasteiger partial charge in [0.1, 0.15) is 5.75 Å². The van der Waals surface area contributed by atoms with Crippen molar-refractivity contribution in [3.8, 4) is 5.75 Å². The van der Waals surface area contributed by atoms with Crippen molar-refractivity contribution in [2.24, 2.45) is 5.92 Å². The van der Waals surface area contributed by atoms with E-state index in [-0.39, 0.29) is 0 Å². The van der Waals surface area contributed by atoms with E-state index in [0.29, 0.717) is 5.92 Å². The third-order valence-electron chi connectivity index (χ3n) is 2.89. The molecule has 1 N–H and O–H groups in total. The average Bonchev–Trinajstić information content (AvgIpc) is 2.32. The number of halogens is 1. The predicted octanol–water partition coefficient (Wildman–Crippen LogP) is 3.64. The van der Waals surface area contributed by atoms with Gasteiger partial charge in [-0.05, 0) is 55.6 Å². The number of hydrogen-bond acceptors (Lipinski definition) is 2. The van der Waals surface area contributed by atoms with Gasteiger partial charge in [0.05, 0.1) is 7.11 Å². The molecule has 0 heterocycles. The standard InChI is InChI=1S/C14H22BrNO/c1-4-16-8-7-11(2)9-12-10-13(17-3)5-6-14(12)15/h5-6,10-11,16H,4,7-9H2,1-3H3. The Morgan fingerprint density at radius 3 is 2.82 bits per heavy atom. The molecule has 1 rings (SSSR count). The van der Waals surface area contributed by atoms with Crippen LogP contribution in [0, 0.1) is 5.92 Å². The molecule has 0 aliphatic rings. The summed E-state index contributed by atoms with van der Waals surface area (Å²) in [6.07, 6.45) is 2.29. The normalized spacial score (nSPS) is 12.5. The zero-order valence-electron chi connectivity index (χ0n) is 10.9. The summed E-state index contributed by atoms with van der Waals surface area (Å²) in [5.74, 6) is 1.61. The summed E-state index contributed by atoms with van der Waals surface area (Å²) >= 11 is 3.60. The van der Waals surface area contributed by atoms with Crippen LogP contribution in [0.4, 0.5) is 0 Å². The molecule has 0 spiro atoms. The van der Waals surface area contributed by atoms with Crippen molar-refractivity contribution < 1.29 is 4.74 Å². The van der Waals surface area contributed by atoms with Crippen LogP contribution in [0.2, 0.25) is 0 Å². The summed E-state index contributed by atoms with van der Waals surface area (Å²) in [5, 5.41) is 3.37. The van der Waals surface area contributed by atoms with E-state index >= 15 is 0 Å². The zero-order chi connectivity index (χ0) is 12.7. The van der Waals surface area contributed by atoms with Crippen molar-refractivity contribution in [2.45, 2.75) is 26.7 Å². The van der Waals surface area contributed by atoms with E-state index in [1.54, 1.807) is 7.11 Å². The van der Waals surface area contributed by atoms with Gasteiger partial charge in [-0.1, -0.05) is 29.8 Å². The van der Waals surface area contributed by atoms with Crippen molar-refractivity contribution in [1.82, 2.24) is 5.32 Å². The van der Waals surface area contributed by atoms with Crippen molar-refractivity contribution in [3.63, 3.8) is 0 Å². The fraction of sp³-hybridized carbons (Fsp3) is 0.571. The fourth-order valence-electron chi connectivity index (χ4n) is 1.84. The third kappa shape index (κ3) is 5.09. The molecular formula is C14H22BrNO. The van der Waals surface area contributed by atoms with Crippen LogP contribution in [0.25, 0.3) is 0 Å². The topological polar surface area (TPSA) is 21.3 Å². The van der Waals surface area contributed by atoms with E-state index in [9.17, 15) is 0 Å². The number of benzene rings is 1. The van der Waals surface area contributed by atoms with Gasteiger partial charge in [-0.3, -0.25) is 0 Å². The summed E-state index contributed by atoms with van der Waals surface area (Å²) in [4.78, 5) is 0. The molecule has 1 unspecified atom stereocenters. The summed E-state index contributed by atoms with van der Waals surface area (Å²) in [6.45, 7) is 6.58. The number of rotatable bonds is 7. The molecule has 0 saturated carbocycles. The minimum atomic E-state index is 0.678. The number of ether oxygens (including phenoxy) is 1. The Kier molecular flexibility index (Phi) is 6.60. The molecule has 3 heteroatoms. The summed E-state index contributed by atoms with van der Waals surface area (Å²) < 4.78 is 6.43. The minimum absolute atomic E-state index is 0.678. The Balaban J connectivity index is 2.54. The van der Waals surface area contributed by atoms with Crippen molar-refractivity contribution in [2.75, 3.05) is 20.2 Å². The third-order valence-corrected chi connectivity index (χ3v) is 3.66. The van der Waals surface area contributed by atoms with Crippen LogP contribution in [0.3, 0.4) is 0 Å². The van der Waals surface area contributed by atoms with Crippen molar-refractivity contribution in [3.05, 3.63) is 28.2 Å². The lowest BCUT2D eigenvalue weighted by atomic mass is 9.98. The summed E-state index contributed by atoms with van der Waals surface area (Å²) in [6, 6.07) is 6.16. The average molecular weight is 300 g/mol. The first kappa shape index (κ1) is 14.5. The van der Waals surface area contributed by atoms with E-state index in [0.717, 1.165) is 25.3 Å². The monoisotopic (exact) mass is 299 g/mol. The lowest BCUT2D eigenvalue weighted by Gasteiger charge is -2.13. The second-order valence-electron chi connectivity index (χ2n) is 4.41.